The molecule has 2 aromatic heterocycles. The van der Waals surface area contributed by atoms with Gasteiger partial charge in [-0.15, -0.1) is 0 Å². The van der Waals surface area contributed by atoms with E-state index in [9.17, 15) is 19.2 Å². The number of carbonyl (C=O) groups excluding carboxylic acids is 2. The van der Waals surface area contributed by atoms with Crippen LogP contribution in [0.1, 0.15) is 5.56 Å². The summed E-state index contributed by atoms with van der Waals surface area (Å²) in [5, 5.41) is 2.64. The fourth-order valence-electron chi connectivity index (χ4n) is 3.10. The Morgan fingerprint density at radius 2 is 1.83 bits per heavy atom. The fourth-order valence-corrected chi connectivity index (χ4v) is 3.10. The Hall–Kier alpha value is -3.69. The van der Waals surface area contributed by atoms with Gasteiger partial charge in [-0.05, 0) is 5.56 Å². The van der Waals surface area contributed by atoms with E-state index >= 15 is 0 Å². The highest BCUT2D eigenvalue weighted by Crippen LogP contribution is 2.07. The number of nitrogens with zero attached hydrogens (tertiary/aromatic N) is 4. The molecule has 152 valence electrons. The van der Waals surface area contributed by atoms with E-state index in [2.05, 4.69) is 10.3 Å². The minimum Gasteiger partial charge on any atom is -0.467 e. The van der Waals surface area contributed by atoms with Crippen molar-refractivity contribution in [2.24, 2.45) is 14.1 Å². The molecule has 3 rings (SSSR count). The molecule has 0 aliphatic rings. The maximum Gasteiger partial charge on any atom is 0.332 e. The number of esters is 1. The number of carbonyl (C=O) groups is 2. The Balaban J connectivity index is 1.84. The number of nitrogens with one attached hydrogen (secondary N) is 1. The van der Waals surface area contributed by atoms with Gasteiger partial charge in [-0.3, -0.25) is 18.7 Å². The van der Waals surface area contributed by atoms with Crippen molar-refractivity contribution in [3.63, 3.8) is 0 Å². The largest absolute Gasteiger partial charge is 0.467 e. The van der Waals surface area contributed by atoms with Gasteiger partial charge in [0, 0.05) is 20.5 Å². The first-order valence-electron chi connectivity index (χ1n) is 8.85. The number of amides is 1. The van der Waals surface area contributed by atoms with Crippen LogP contribution in [0.3, 0.4) is 0 Å². The summed E-state index contributed by atoms with van der Waals surface area (Å²) in [6.45, 7) is -0.244. The summed E-state index contributed by atoms with van der Waals surface area (Å²) in [7, 11) is 4.10. The van der Waals surface area contributed by atoms with E-state index < -0.39 is 29.2 Å². The van der Waals surface area contributed by atoms with Crippen molar-refractivity contribution in [3.05, 3.63) is 63.1 Å². The molecule has 2 heterocycles. The standard InChI is InChI=1S/C19H21N5O5/c1-22-16-15(17(26)23(2)19(22)28)24(11-20-16)10-14(25)21-13(18(27)29-3)9-12-7-5-4-6-8-12/h4-8,11,13H,9-10H2,1-3H3,(H,21,25)/t13-/m0/s1. The third-order valence-corrected chi connectivity index (χ3v) is 4.63. The van der Waals surface area contributed by atoms with E-state index in [1.165, 1.54) is 36.7 Å². The molecule has 0 bridgehead atoms. The SMILES string of the molecule is COC(=O)[C@H](Cc1ccccc1)NC(=O)Cn1cnc2c1c(=O)n(C)c(=O)n2C. The predicted octanol–water partition coefficient (Wildman–Crippen LogP) is -0.666. The molecule has 0 radical (unpaired) electrons. The summed E-state index contributed by atoms with van der Waals surface area (Å²) < 4.78 is 8.32. The summed E-state index contributed by atoms with van der Waals surface area (Å²) in [5.74, 6) is -1.07. The molecular formula is C19H21N5O5. The lowest BCUT2D eigenvalue weighted by Crippen LogP contribution is -2.44. The number of imidazole rings is 1. The van der Waals surface area contributed by atoms with Crippen LogP contribution in [-0.4, -0.2) is 43.7 Å². The number of methoxy groups -OCH3 is 1. The van der Waals surface area contributed by atoms with E-state index in [4.69, 9.17) is 4.74 Å². The van der Waals surface area contributed by atoms with Gasteiger partial charge in [-0.1, -0.05) is 30.3 Å². The Kier molecular flexibility index (Phi) is 5.62. The molecule has 0 fully saturated rings. The topological polar surface area (TPSA) is 117 Å². The van der Waals surface area contributed by atoms with Crippen molar-refractivity contribution in [1.29, 1.82) is 0 Å². The number of ether oxygens (including phenoxy) is 1. The number of hydrogen-bond acceptors (Lipinski definition) is 6. The van der Waals surface area contributed by atoms with Crippen LogP contribution in [0, 0.1) is 0 Å². The Morgan fingerprint density at radius 3 is 2.48 bits per heavy atom. The highest BCUT2D eigenvalue weighted by Gasteiger charge is 2.23. The van der Waals surface area contributed by atoms with E-state index in [-0.39, 0.29) is 24.1 Å². The average Bonchev–Trinajstić information content (AvgIpc) is 3.13. The van der Waals surface area contributed by atoms with Gasteiger partial charge < -0.3 is 14.6 Å². The molecule has 10 nitrogen and oxygen atoms in total. The van der Waals surface area contributed by atoms with Crippen molar-refractivity contribution in [3.8, 4) is 0 Å². The Bertz CT molecular complexity index is 1180. The zero-order chi connectivity index (χ0) is 21.1. The van der Waals surface area contributed by atoms with Crippen LogP contribution >= 0.6 is 0 Å². The molecule has 1 N–H and O–H groups in total. The van der Waals surface area contributed by atoms with Crippen molar-refractivity contribution in [1.82, 2.24) is 24.0 Å². The Labute approximate surface area is 165 Å². The van der Waals surface area contributed by atoms with Crippen molar-refractivity contribution in [2.75, 3.05) is 7.11 Å². The second kappa shape index (κ2) is 8.13. The van der Waals surface area contributed by atoms with Crippen molar-refractivity contribution in [2.45, 2.75) is 19.0 Å². The molecule has 0 saturated heterocycles. The highest BCUT2D eigenvalue weighted by atomic mass is 16.5. The van der Waals surface area contributed by atoms with Gasteiger partial charge >= 0.3 is 11.7 Å². The first-order valence-corrected chi connectivity index (χ1v) is 8.85. The number of hydrogen-bond donors (Lipinski definition) is 1. The molecule has 0 unspecified atom stereocenters. The quantitative estimate of drug-likeness (QED) is 0.550. The monoisotopic (exact) mass is 399 g/mol. The molecule has 1 amide bonds. The third-order valence-electron chi connectivity index (χ3n) is 4.63. The molecular weight excluding hydrogens is 378 g/mol. The number of aryl methyl sites for hydroxylation is 1. The van der Waals surface area contributed by atoms with Gasteiger partial charge in [0.15, 0.2) is 11.2 Å². The molecule has 0 saturated carbocycles. The second-order valence-corrected chi connectivity index (χ2v) is 6.58. The molecule has 0 aliphatic heterocycles. The summed E-state index contributed by atoms with van der Waals surface area (Å²) >= 11 is 0. The molecule has 10 heteroatoms. The van der Waals surface area contributed by atoms with E-state index in [0.29, 0.717) is 0 Å². The molecule has 1 aromatic carbocycles. The maximum absolute atomic E-state index is 12.6. The first-order chi connectivity index (χ1) is 13.8. The predicted molar refractivity (Wildman–Crippen MR) is 104 cm³/mol. The lowest BCUT2D eigenvalue weighted by molar-refractivity contribution is -0.145. The van der Waals surface area contributed by atoms with Gasteiger partial charge in [-0.2, -0.15) is 0 Å². The van der Waals surface area contributed by atoms with E-state index in [1.54, 1.807) is 0 Å². The van der Waals surface area contributed by atoms with Gasteiger partial charge in [-0.25, -0.2) is 14.6 Å². The van der Waals surface area contributed by atoms with Crippen LogP contribution in [0.2, 0.25) is 0 Å². The zero-order valence-electron chi connectivity index (χ0n) is 16.3. The summed E-state index contributed by atoms with van der Waals surface area (Å²) in [6, 6.07) is 8.34. The second-order valence-electron chi connectivity index (χ2n) is 6.58. The lowest BCUT2D eigenvalue weighted by Gasteiger charge is -2.17. The van der Waals surface area contributed by atoms with Gasteiger partial charge in [0.25, 0.3) is 5.56 Å². The first kappa shape index (κ1) is 20.1. The zero-order valence-corrected chi connectivity index (χ0v) is 16.3. The Morgan fingerprint density at radius 1 is 1.14 bits per heavy atom. The van der Waals surface area contributed by atoms with Gasteiger partial charge in [0.05, 0.1) is 13.4 Å². The molecule has 3 aromatic rings. The number of benzene rings is 1. The van der Waals surface area contributed by atoms with Gasteiger partial charge in [0.2, 0.25) is 5.91 Å². The third kappa shape index (κ3) is 3.96. The van der Waals surface area contributed by atoms with Crippen LogP contribution in [-0.2, 0) is 41.4 Å². The minimum atomic E-state index is -0.878. The van der Waals surface area contributed by atoms with Gasteiger partial charge in [0.1, 0.15) is 12.6 Å². The molecule has 1 atom stereocenters. The van der Waals surface area contributed by atoms with E-state index in [1.807, 2.05) is 30.3 Å². The van der Waals surface area contributed by atoms with Crippen LogP contribution in [0.25, 0.3) is 11.2 Å². The minimum absolute atomic E-state index is 0.127. The normalized spacial score (nSPS) is 12.0. The van der Waals surface area contributed by atoms with Crippen LogP contribution in [0.4, 0.5) is 0 Å². The summed E-state index contributed by atoms with van der Waals surface area (Å²) in [5.41, 5.74) is 0.107. The number of aromatic nitrogens is 4. The van der Waals surface area contributed by atoms with E-state index in [0.717, 1.165) is 10.1 Å². The number of rotatable bonds is 6. The van der Waals surface area contributed by atoms with Crippen LogP contribution in [0.5, 0.6) is 0 Å². The molecule has 29 heavy (non-hydrogen) atoms. The van der Waals surface area contributed by atoms with Crippen LogP contribution < -0.4 is 16.6 Å². The average molecular weight is 399 g/mol. The fraction of sp³-hybridized carbons (Fsp3) is 0.316. The summed E-state index contributed by atoms with van der Waals surface area (Å²) in [4.78, 5) is 53.2. The smallest absolute Gasteiger partial charge is 0.332 e. The maximum atomic E-state index is 12.6. The lowest BCUT2D eigenvalue weighted by atomic mass is 10.1. The summed E-state index contributed by atoms with van der Waals surface area (Å²) in [6.07, 6.45) is 1.58. The van der Waals surface area contributed by atoms with Crippen molar-refractivity contribution < 1.29 is 14.3 Å². The van der Waals surface area contributed by atoms with Crippen LogP contribution in [0.15, 0.2) is 46.2 Å². The number of fused-ring (bicyclic) bond motifs is 1. The molecule has 0 aliphatic carbocycles. The molecule has 0 spiro atoms. The highest BCUT2D eigenvalue weighted by molar-refractivity contribution is 5.85. The van der Waals surface area contributed by atoms with Crippen molar-refractivity contribution >= 4 is 23.0 Å².